The molecule has 1 aliphatic heterocycles. The number of rotatable bonds is 2. The highest BCUT2D eigenvalue weighted by Crippen LogP contribution is 2.25. The van der Waals surface area contributed by atoms with Gasteiger partial charge in [0.1, 0.15) is 6.07 Å². The molecule has 66 valence electrons. The molecule has 0 aromatic carbocycles. The summed E-state index contributed by atoms with van der Waals surface area (Å²) in [6.45, 7) is 5.73. The van der Waals surface area contributed by atoms with Gasteiger partial charge in [-0.2, -0.15) is 5.26 Å². The molecule has 2 nitrogen and oxygen atoms in total. The van der Waals surface area contributed by atoms with Crippen molar-refractivity contribution in [1.82, 2.24) is 4.90 Å². The Hall–Kier alpha value is -0.880. The number of nitrogens with zero attached hydrogens (tertiary/aromatic N) is 2. The van der Waals surface area contributed by atoms with Crippen LogP contribution in [0.2, 0.25) is 0 Å². The van der Waals surface area contributed by atoms with E-state index < -0.39 is 5.67 Å². The number of piperidine rings is 1. The van der Waals surface area contributed by atoms with Crippen molar-refractivity contribution >= 4 is 0 Å². The summed E-state index contributed by atoms with van der Waals surface area (Å²) in [4.78, 5) is 2.10. The first-order chi connectivity index (χ1) is 5.70. The van der Waals surface area contributed by atoms with Crippen molar-refractivity contribution in [3.05, 3.63) is 12.7 Å². The number of nitriles is 1. The minimum atomic E-state index is -1.57. The molecule has 0 atom stereocenters. The normalized spacial score (nSPS) is 23.0. The molecule has 1 aliphatic rings. The lowest BCUT2D eigenvalue weighted by atomic mass is 9.95. The van der Waals surface area contributed by atoms with Crippen LogP contribution in [-0.2, 0) is 0 Å². The molecule has 0 unspecified atom stereocenters. The zero-order valence-electron chi connectivity index (χ0n) is 7.09. The van der Waals surface area contributed by atoms with Crippen molar-refractivity contribution in [2.24, 2.45) is 0 Å². The molecule has 1 heterocycles. The summed E-state index contributed by atoms with van der Waals surface area (Å²) in [5.41, 5.74) is -1.57. The van der Waals surface area contributed by atoms with Crippen molar-refractivity contribution in [2.75, 3.05) is 19.6 Å². The van der Waals surface area contributed by atoms with Gasteiger partial charge in [-0.05, 0) is 0 Å². The fourth-order valence-corrected chi connectivity index (χ4v) is 1.38. The zero-order chi connectivity index (χ0) is 9.03. The second-order valence-corrected chi connectivity index (χ2v) is 3.17. The number of hydrogen-bond acceptors (Lipinski definition) is 2. The third kappa shape index (κ3) is 2.05. The van der Waals surface area contributed by atoms with E-state index >= 15 is 0 Å². The van der Waals surface area contributed by atoms with E-state index in [1.54, 1.807) is 12.1 Å². The first-order valence-electron chi connectivity index (χ1n) is 4.13. The van der Waals surface area contributed by atoms with Crippen molar-refractivity contribution in [3.8, 4) is 6.07 Å². The van der Waals surface area contributed by atoms with Gasteiger partial charge in [-0.15, -0.1) is 6.58 Å². The average Bonchev–Trinajstić information content (AvgIpc) is 2.10. The van der Waals surface area contributed by atoms with E-state index in [4.69, 9.17) is 5.26 Å². The van der Waals surface area contributed by atoms with Crippen LogP contribution in [0.4, 0.5) is 4.39 Å². The van der Waals surface area contributed by atoms with E-state index in [-0.39, 0.29) is 0 Å². The van der Waals surface area contributed by atoms with Crippen LogP contribution in [0.1, 0.15) is 12.8 Å². The molecule has 0 aromatic heterocycles. The van der Waals surface area contributed by atoms with Crippen LogP contribution < -0.4 is 0 Å². The molecular formula is C9H13FN2. The van der Waals surface area contributed by atoms with E-state index in [0.717, 1.165) is 6.54 Å². The first-order valence-corrected chi connectivity index (χ1v) is 4.13. The Morgan fingerprint density at radius 2 is 2.17 bits per heavy atom. The highest BCUT2D eigenvalue weighted by atomic mass is 19.1. The summed E-state index contributed by atoms with van der Waals surface area (Å²) in [5.74, 6) is 0. The van der Waals surface area contributed by atoms with Crippen molar-refractivity contribution < 1.29 is 4.39 Å². The topological polar surface area (TPSA) is 27.0 Å². The second kappa shape index (κ2) is 3.68. The maximum Gasteiger partial charge on any atom is 0.198 e. The predicted molar refractivity (Wildman–Crippen MR) is 45.3 cm³/mol. The third-order valence-electron chi connectivity index (χ3n) is 2.24. The van der Waals surface area contributed by atoms with Crippen LogP contribution in [-0.4, -0.2) is 30.2 Å². The van der Waals surface area contributed by atoms with E-state index in [1.165, 1.54) is 0 Å². The summed E-state index contributed by atoms with van der Waals surface area (Å²) < 4.78 is 13.3. The van der Waals surface area contributed by atoms with Gasteiger partial charge < -0.3 is 0 Å². The van der Waals surface area contributed by atoms with Gasteiger partial charge in [-0.25, -0.2) is 4.39 Å². The van der Waals surface area contributed by atoms with Gasteiger partial charge in [0.25, 0.3) is 0 Å². The zero-order valence-corrected chi connectivity index (χ0v) is 7.09. The quantitative estimate of drug-likeness (QED) is 0.584. The first kappa shape index (κ1) is 9.21. The fourth-order valence-electron chi connectivity index (χ4n) is 1.38. The van der Waals surface area contributed by atoms with Crippen LogP contribution in [0, 0.1) is 11.3 Å². The van der Waals surface area contributed by atoms with Gasteiger partial charge in [0.2, 0.25) is 0 Å². The standard InChI is InChI=1S/C9H13FN2/c1-2-5-12-6-3-9(10,8-11)4-7-12/h2H,1,3-7H2. The maximum absolute atomic E-state index is 13.3. The van der Waals surface area contributed by atoms with Crippen molar-refractivity contribution in [3.63, 3.8) is 0 Å². The number of likely N-dealkylation sites (tertiary alicyclic amines) is 1. The van der Waals surface area contributed by atoms with Crippen LogP contribution in [0.5, 0.6) is 0 Å². The number of halogens is 1. The lowest BCUT2D eigenvalue weighted by Crippen LogP contribution is -2.40. The Kier molecular flexibility index (Phi) is 2.83. The molecule has 12 heavy (non-hydrogen) atoms. The molecule has 0 amide bonds. The summed E-state index contributed by atoms with van der Waals surface area (Å²) in [7, 11) is 0. The van der Waals surface area contributed by atoms with E-state index in [0.29, 0.717) is 25.9 Å². The van der Waals surface area contributed by atoms with E-state index in [2.05, 4.69) is 11.5 Å². The van der Waals surface area contributed by atoms with E-state index in [9.17, 15) is 4.39 Å². The fraction of sp³-hybridized carbons (Fsp3) is 0.667. The largest absolute Gasteiger partial charge is 0.299 e. The lowest BCUT2D eigenvalue weighted by Gasteiger charge is -2.31. The average molecular weight is 168 g/mol. The number of hydrogen-bond donors (Lipinski definition) is 0. The van der Waals surface area contributed by atoms with Crippen LogP contribution >= 0.6 is 0 Å². The van der Waals surface area contributed by atoms with Gasteiger partial charge in [0.05, 0.1) is 0 Å². The highest BCUT2D eigenvalue weighted by Gasteiger charge is 2.33. The molecule has 0 aliphatic carbocycles. The van der Waals surface area contributed by atoms with Crippen molar-refractivity contribution in [1.29, 1.82) is 5.26 Å². The SMILES string of the molecule is C=CCN1CCC(F)(C#N)CC1. The van der Waals surface area contributed by atoms with Gasteiger partial charge >= 0.3 is 0 Å². The van der Waals surface area contributed by atoms with Gasteiger partial charge in [0.15, 0.2) is 5.67 Å². The third-order valence-corrected chi connectivity index (χ3v) is 2.24. The van der Waals surface area contributed by atoms with E-state index in [1.807, 2.05) is 0 Å². The summed E-state index contributed by atoms with van der Waals surface area (Å²) in [6.07, 6.45) is 2.46. The van der Waals surface area contributed by atoms with Crippen LogP contribution in [0.15, 0.2) is 12.7 Å². The lowest BCUT2D eigenvalue weighted by molar-refractivity contribution is 0.110. The molecule has 1 fully saturated rings. The Bertz CT molecular complexity index is 199. The number of alkyl halides is 1. The summed E-state index contributed by atoms with van der Waals surface area (Å²) >= 11 is 0. The molecule has 1 rings (SSSR count). The smallest absolute Gasteiger partial charge is 0.198 e. The second-order valence-electron chi connectivity index (χ2n) is 3.17. The molecule has 0 saturated carbocycles. The molecule has 0 spiro atoms. The molecular weight excluding hydrogens is 155 g/mol. The highest BCUT2D eigenvalue weighted by molar-refractivity contribution is 5.03. The van der Waals surface area contributed by atoms with Gasteiger partial charge in [-0.3, -0.25) is 4.90 Å². The molecule has 0 N–H and O–H groups in total. The van der Waals surface area contributed by atoms with Gasteiger partial charge in [-0.1, -0.05) is 6.08 Å². The molecule has 1 saturated heterocycles. The Labute approximate surface area is 72.3 Å². The molecule has 0 aromatic rings. The summed E-state index contributed by atoms with van der Waals surface area (Å²) in [6, 6.07) is 1.72. The molecule has 0 bridgehead atoms. The van der Waals surface area contributed by atoms with Crippen molar-refractivity contribution in [2.45, 2.75) is 18.5 Å². The Morgan fingerprint density at radius 1 is 1.58 bits per heavy atom. The Balaban J connectivity index is 2.40. The minimum Gasteiger partial charge on any atom is -0.299 e. The maximum atomic E-state index is 13.3. The monoisotopic (exact) mass is 168 g/mol. The van der Waals surface area contributed by atoms with Crippen LogP contribution in [0.3, 0.4) is 0 Å². The summed E-state index contributed by atoms with van der Waals surface area (Å²) in [5, 5.41) is 8.50. The minimum absolute atomic E-state index is 0.331. The predicted octanol–water partition coefficient (Wildman–Crippen LogP) is 1.50. The van der Waals surface area contributed by atoms with Gasteiger partial charge in [0, 0.05) is 32.5 Å². The molecule has 3 heteroatoms. The molecule has 0 radical (unpaired) electrons. The van der Waals surface area contributed by atoms with Crippen LogP contribution in [0.25, 0.3) is 0 Å². The Morgan fingerprint density at radius 3 is 2.58 bits per heavy atom.